The van der Waals surface area contributed by atoms with Crippen molar-refractivity contribution in [3.05, 3.63) is 62.3 Å². The average Bonchev–Trinajstić information content (AvgIpc) is 3.29. The van der Waals surface area contributed by atoms with Gasteiger partial charge in [-0.2, -0.15) is 0 Å². The van der Waals surface area contributed by atoms with Crippen molar-refractivity contribution in [2.75, 3.05) is 13.1 Å². The van der Waals surface area contributed by atoms with Crippen molar-refractivity contribution in [1.29, 1.82) is 0 Å². The fourth-order valence-corrected chi connectivity index (χ4v) is 4.37. The first-order valence-corrected chi connectivity index (χ1v) is 9.27. The van der Waals surface area contributed by atoms with E-state index in [0.29, 0.717) is 0 Å². The van der Waals surface area contributed by atoms with Gasteiger partial charge in [0.1, 0.15) is 5.56 Å². The van der Waals surface area contributed by atoms with Crippen LogP contribution >= 0.6 is 11.3 Å². The standard InChI is InChI=1S/C18H21N3O3S/c1-13(17(16-9-6-12-25-16)20-10-4-5-11-20)19-18(22)14-7-2-3-8-15(14)21(23)24/h2-3,6-9,12-13,17H,4-5,10-11H2,1H3,(H,19,22)/t13-,17+/m0/s1. The monoisotopic (exact) mass is 359 g/mol. The zero-order valence-corrected chi connectivity index (χ0v) is 14.9. The Morgan fingerprint density at radius 1 is 1.24 bits per heavy atom. The Morgan fingerprint density at radius 2 is 1.96 bits per heavy atom. The number of hydrogen-bond donors (Lipinski definition) is 1. The minimum absolute atomic E-state index is 0.0919. The third-order valence-electron chi connectivity index (χ3n) is 4.55. The van der Waals surface area contributed by atoms with Crippen LogP contribution in [-0.4, -0.2) is 34.9 Å². The van der Waals surface area contributed by atoms with Crippen molar-refractivity contribution in [3.63, 3.8) is 0 Å². The summed E-state index contributed by atoms with van der Waals surface area (Å²) in [5.74, 6) is -0.402. The van der Waals surface area contributed by atoms with E-state index in [1.807, 2.05) is 18.4 Å². The summed E-state index contributed by atoms with van der Waals surface area (Å²) in [6.45, 7) is 3.98. The van der Waals surface area contributed by atoms with E-state index in [1.54, 1.807) is 23.5 Å². The van der Waals surface area contributed by atoms with Crippen LogP contribution in [0.5, 0.6) is 0 Å². The third kappa shape index (κ3) is 3.88. The zero-order valence-electron chi connectivity index (χ0n) is 14.1. The van der Waals surface area contributed by atoms with E-state index in [9.17, 15) is 14.9 Å². The average molecular weight is 359 g/mol. The molecule has 2 heterocycles. The molecule has 1 amide bonds. The van der Waals surface area contributed by atoms with Crippen LogP contribution in [0.2, 0.25) is 0 Å². The van der Waals surface area contributed by atoms with Crippen LogP contribution in [-0.2, 0) is 0 Å². The number of likely N-dealkylation sites (tertiary alicyclic amines) is 1. The van der Waals surface area contributed by atoms with Crippen LogP contribution in [0.15, 0.2) is 41.8 Å². The van der Waals surface area contributed by atoms with Gasteiger partial charge in [0, 0.05) is 17.0 Å². The minimum atomic E-state index is -0.517. The Labute approximate surface area is 150 Å². The maximum absolute atomic E-state index is 12.6. The third-order valence-corrected chi connectivity index (χ3v) is 5.49. The van der Waals surface area contributed by atoms with Gasteiger partial charge in [-0.05, 0) is 50.4 Å². The van der Waals surface area contributed by atoms with Crippen molar-refractivity contribution >= 4 is 22.9 Å². The Bertz CT molecular complexity index is 742. The van der Waals surface area contributed by atoms with E-state index in [-0.39, 0.29) is 23.3 Å². The van der Waals surface area contributed by atoms with E-state index in [2.05, 4.69) is 16.3 Å². The maximum atomic E-state index is 12.6. The largest absolute Gasteiger partial charge is 0.347 e. The molecule has 1 aromatic carbocycles. The molecule has 2 atom stereocenters. The normalized spacial score (nSPS) is 17.2. The van der Waals surface area contributed by atoms with Gasteiger partial charge in [-0.15, -0.1) is 11.3 Å². The first-order chi connectivity index (χ1) is 12.1. The van der Waals surface area contributed by atoms with Crippen LogP contribution in [0.1, 0.15) is 41.0 Å². The van der Waals surface area contributed by atoms with Crippen molar-refractivity contribution in [1.82, 2.24) is 10.2 Å². The molecule has 0 radical (unpaired) electrons. The van der Waals surface area contributed by atoms with Gasteiger partial charge in [-0.25, -0.2) is 0 Å². The molecule has 1 N–H and O–H groups in total. The highest BCUT2D eigenvalue weighted by Crippen LogP contribution is 2.31. The predicted molar refractivity (Wildman–Crippen MR) is 97.9 cm³/mol. The highest BCUT2D eigenvalue weighted by Gasteiger charge is 2.31. The smallest absolute Gasteiger partial charge is 0.282 e. The highest BCUT2D eigenvalue weighted by molar-refractivity contribution is 7.10. The summed E-state index contributed by atoms with van der Waals surface area (Å²) >= 11 is 1.68. The summed E-state index contributed by atoms with van der Waals surface area (Å²) in [4.78, 5) is 26.9. The number of amides is 1. The van der Waals surface area contributed by atoms with E-state index >= 15 is 0 Å². The van der Waals surface area contributed by atoms with Crippen LogP contribution in [0.25, 0.3) is 0 Å². The van der Waals surface area contributed by atoms with Gasteiger partial charge in [-0.1, -0.05) is 18.2 Å². The number of nitro benzene ring substituents is 1. The van der Waals surface area contributed by atoms with Crippen LogP contribution in [0.4, 0.5) is 5.69 Å². The summed E-state index contributed by atoms with van der Waals surface area (Å²) in [5, 5.41) is 16.2. The summed E-state index contributed by atoms with van der Waals surface area (Å²) in [7, 11) is 0. The van der Waals surface area contributed by atoms with E-state index < -0.39 is 10.8 Å². The number of benzene rings is 1. The highest BCUT2D eigenvalue weighted by atomic mass is 32.1. The summed E-state index contributed by atoms with van der Waals surface area (Å²) in [5.41, 5.74) is -0.0632. The predicted octanol–water partition coefficient (Wildman–Crippen LogP) is 3.61. The maximum Gasteiger partial charge on any atom is 0.282 e. The molecule has 0 bridgehead atoms. The molecule has 3 rings (SSSR count). The second kappa shape index (κ2) is 7.76. The van der Waals surface area contributed by atoms with Crippen LogP contribution < -0.4 is 5.32 Å². The van der Waals surface area contributed by atoms with Gasteiger partial charge in [0.25, 0.3) is 11.6 Å². The molecule has 7 heteroatoms. The first-order valence-electron chi connectivity index (χ1n) is 8.39. The number of carbonyl (C=O) groups excluding carboxylic acids is 1. The number of rotatable bonds is 6. The molecule has 0 spiro atoms. The van der Waals surface area contributed by atoms with E-state index in [1.165, 1.54) is 17.0 Å². The van der Waals surface area contributed by atoms with Crippen molar-refractivity contribution in [2.24, 2.45) is 0 Å². The van der Waals surface area contributed by atoms with Crippen molar-refractivity contribution in [2.45, 2.75) is 31.8 Å². The number of thiophene rings is 1. The fraction of sp³-hybridized carbons (Fsp3) is 0.389. The van der Waals surface area contributed by atoms with Crippen LogP contribution in [0.3, 0.4) is 0 Å². The topological polar surface area (TPSA) is 75.5 Å². The Balaban J connectivity index is 1.80. The number of carbonyl (C=O) groups is 1. The van der Waals surface area contributed by atoms with Crippen molar-refractivity contribution in [3.8, 4) is 0 Å². The quantitative estimate of drug-likeness (QED) is 0.631. The number of nitrogens with zero attached hydrogens (tertiary/aromatic N) is 2. The van der Waals surface area contributed by atoms with Crippen molar-refractivity contribution < 1.29 is 9.72 Å². The molecule has 25 heavy (non-hydrogen) atoms. The van der Waals surface area contributed by atoms with Gasteiger partial charge in [0.05, 0.1) is 11.0 Å². The molecule has 0 aliphatic carbocycles. The minimum Gasteiger partial charge on any atom is -0.347 e. The molecular weight excluding hydrogens is 338 g/mol. The summed E-state index contributed by atoms with van der Waals surface area (Å²) in [6.07, 6.45) is 2.32. The fourth-order valence-electron chi connectivity index (χ4n) is 3.41. The molecule has 0 unspecified atom stereocenters. The van der Waals surface area contributed by atoms with Gasteiger partial charge >= 0.3 is 0 Å². The molecule has 0 saturated carbocycles. The Hall–Kier alpha value is -2.25. The molecule has 1 aliphatic rings. The van der Waals surface area contributed by atoms with E-state index in [4.69, 9.17) is 0 Å². The molecule has 2 aromatic rings. The second-order valence-corrected chi connectivity index (χ2v) is 7.22. The molecule has 6 nitrogen and oxygen atoms in total. The van der Waals surface area contributed by atoms with Gasteiger partial charge in [0.2, 0.25) is 0 Å². The molecule has 1 aromatic heterocycles. The molecule has 1 fully saturated rings. The second-order valence-electron chi connectivity index (χ2n) is 6.24. The Kier molecular flexibility index (Phi) is 5.45. The lowest BCUT2D eigenvalue weighted by molar-refractivity contribution is -0.385. The number of nitro groups is 1. The molecular formula is C18H21N3O3S. The molecule has 1 aliphatic heterocycles. The summed E-state index contributed by atoms with van der Waals surface area (Å²) < 4.78 is 0. The zero-order chi connectivity index (χ0) is 17.8. The summed E-state index contributed by atoms with van der Waals surface area (Å²) in [6, 6.07) is 10.1. The number of nitrogens with one attached hydrogen (secondary N) is 1. The lowest BCUT2D eigenvalue weighted by Gasteiger charge is -2.32. The van der Waals surface area contributed by atoms with Crippen LogP contribution in [0, 0.1) is 10.1 Å². The molecule has 132 valence electrons. The Morgan fingerprint density at radius 3 is 2.60 bits per heavy atom. The van der Waals surface area contributed by atoms with Gasteiger partial charge in [0.15, 0.2) is 0 Å². The number of para-hydroxylation sites is 1. The SMILES string of the molecule is C[C@H](NC(=O)c1ccccc1[N+](=O)[O-])[C@H](c1cccs1)N1CCCC1. The molecule has 1 saturated heterocycles. The lowest BCUT2D eigenvalue weighted by Crippen LogP contribution is -2.43. The van der Waals surface area contributed by atoms with Gasteiger partial charge < -0.3 is 5.32 Å². The number of hydrogen-bond acceptors (Lipinski definition) is 5. The van der Waals surface area contributed by atoms with Gasteiger partial charge in [-0.3, -0.25) is 19.8 Å². The lowest BCUT2D eigenvalue weighted by atomic mass is 10.1. The first kappa shape index (κ1) is 17.6. The van der Waals surface area contributed by atoms with E-state index in [0.717, 1.165) is 25.9 Å².